The third-order valence-corrected chi connectivity index (χ3v) is 10.1. The van der Waals surface area contributed by atoms with Gasteiger partial charge in [0.15, 0.2) is 0 Å². The number of rotatable bonds is 12. The molecule has 2 aromatic carbocycles. The van der Waals surface area contributed by atoms with Crippen LogP contribution in [0.1, 0.15) is 36.8 Å². The molecule has 262 valence electrons. The molecule has 0 bridgehead atoms. The Balaban J connectivity index is 1.11. The highest BCUT2D eigenvalue weighted by atomic mass is 35.5. The molecule has 0 unspecified atom stereocenters. The maximum atomic E-state index is 13.3. The number of benzene rings is 2. The van der Waals surface area contributed by atoms with Crippen molar-refractivity contribution < 1.29 is 14.3 Å². The molecule has 13 heteroatoms. The van der Waals surface area contributed by atoms with Gasteiger partial charge in [-0.15, -0.1) is 0 Å². The summed E-state index contributed by atoms with van der Waals surface area (Å²) >= 11 is 14.1. The predicted octanol–water partition coefficient (Wildman–Crippen LogP) is 5.14. The smallest absolute Gasteiger partial charge is 0.258 e. The predicted molar refractivity (Wildman–Crippen MR) is 198 cm³/mol. The second-order valence-electron chi connectivity index (χ2n) is 12.8. The van der Waals surface area contributed by atoms with Crippen LogP contribution in [-0.2, 0) is 22.7 Å². The minimum Gasteiger partial charge on any atom is -0.481 e. The largest absolute Gasteiger partial charge is 0.481 e. The number of amides is 2. The van der Waals surface area contributed by atoms with E-state index in [-0.39, 0.29) is 29.5 Å². The van der Waals surface area contributed by atoms with Crippen LogP contribution in [0.3, 0.4) is 0 Å². The van der Waals surface area contributed by atoms with E-state index in [1.165, 1.54) is 10.5 Å². The van der Waals surface area contributed by atoms with Crippen LogP contribution in [0, 0.1) is 0 Å². The Morgan fingerprint density at radius 3 is 1.98 bits per heavy atom. The lowest BCUT2D eigenvalue weighted by Gasteiger charge is -2.16. The van der Waals surface area contributed by atoms with Gasteiger partial charge in [-0.2, -0.15) is 0 Å². The fourth-order valence-corrected chi connectivity index (χ4v) is 7.28. The van der Waals surface area contributed by atoms with E-state index in [1.807, 2.05) is 60.7 Å². The minimum absolute atomic E-state index is 0.0847. The van der Waals surface area contributed by atoms with Gasteiger partial charge in [0.1, 0.15) is 5.65 Å². The number of carbonyl (C=O) groups is 2. The first-order valence-electron chi connectivity index (χ1n) is 16.9. The number of hydrogen-bond acceptors (Lipinski definition) is 8. The molecule has 2 fully saturated rings. The molecule has 4 N–H and O–H groups in total. The molecule has 0 aliphatic carbocycles. The van der Waals surface area contributed by atoms with Crippen LogP contribution in [0.5, 0.6) is 5.88 Å². The third-order valence-electron chi connectivity index (χ3n) is 9.29. The van der Waals surface area contributed by atoms with E-state index in [4.69, 9.17) is 37.9 Å². The van der Waals surface area contributed by atoms with Gasteiger partial charge in [0.2, 0.25) is 17.7 Å². The van der Waals surface area contributed by atoms with Gasteiger partial charge in [0, 0.05) is 91.2 Å². The van der Waals surface area contributed by atoms with Crippen molar-refractivity contribution in [2.45, 2.75) is 50.9 Å². The van der Waals surface area contributed by atoms with Crippen LogP contribution in [0.2, 0.25) is 10.0 Å². The zero-order chi connectivity index (χ0) is 35.5. The Morgan fingerprint density at radius 2 is 1.37 bits per heavy atom. The molecule has 2 aliphatic rings. The first-order chi connectivity index (χ1) is 24.8. The molecule has 5 heterocycles. The van der Waals surface area contributed by atoms with Crippen molar-refractivity contribution in [1.82, 2.24) is 35.6 Å². The number of fused-ring (bicyclic) bond motifs is 1. The van der Waals surface area contributed by atoms with Gasteiger partial charge in [-0.25, -0.2) is 9.97 Å². The standard InChI is InChI=1S/C38H37Cl2N7O4/c1-51-38-23(18-42-20-25-11-15-34(49)44-25)9-12-30(46-38)28-6-2-4-26(36(28)39)27-5-3-7-29(37(27)40)31-16-35(50)47-21-22(8-13-32(47)45-31)17-41-19-24-10-14-33(48)43-24/h2-9,12-13,16,21,24-25,41-42H,10-11,14-15,17-20H2,1H3,(H,43,48)(H,44,49)/t24-,25+/m1/s1. The number of nitrogens with one attached hydrogen (secondary N) is 4. The summed E-state index contributed by atoms with van der Waals surface area (Å²) in [5, 5.41) is 13.5. The molecule has 7 rings (SSSR count). The van der Waals surface area contributed by atoms with E-state index in [9.17, 15) is 14.4 Å². The Labute approximate surface area is 304 Å². The van der Waals surface area contributed by atoms with Gasteiger partial charge < -0.3 is 26.0 Å². The lowest BCUT2D eigenvalue weighted by molar-refractivity contribution is -0.120. The number of nitrogens with zero attached hydrogens (tertiary/aromatic N) is 3. The average Bonchev–Trinajstić information content (AvgIpc) is 3.75. The normalized spacial score (nSPS) is 17.2. The van der Waals surface area contributed by atoms with Gasteiger partial charge in [-0.1, -0.05) is 71.7 Å². The number of pyridine rings is 2. The first kappa shape index (κ1) is 34.6. The molecule has 11 nitrogen and oxygen atoms in total. The second-order valence-corrected chi connectivity index (χ2v) is 13.6. The molecular formula is C38H37Cl2N7O4. The monoisotopic (exact) mass is 725 g/mol. The van der Waals surface area contributed by atoms with Crippen molar-refractivity contribution >= 4 is 40.7 Å². The summed E-state index contributed by atoms with van der Waals surface area (Å²) in [5.74, 6) is 0.654. The summed E-state index contributed by atoms with van der Waals surface area (Å²) in [5.41, 5.74) is 5.88. The highest BCUT2D eigenvalue weighted by Gasteiger charge is 2.22. The number of carbonyl (C=O) groups excluding carboxylic acids is 2. The highest BCUT2D eigenvalue weighted by Crippen LogP contribution is 2.42. The first-order valence-corrected chi connectivity index (χ1v) is 17.7. The summed E-state index contributed by atoms with van der Waals surface area (Å²) in [7, 11) is 1.58. The molecule has 0 saturated carbocycles. The van der Waals surface area contributed by atoms with Crippen LogP contribution in [0.25, 0.3) is 39.3 Å². The van der Waals surface area contributed by atoms with Crippen LogP contribution in [-0.4, -0.2) is 58.5 Å². The zero-order valence-electron chi connectivity index (χ0n) is 28.0. The van der Waals surface area contributed by atoms with E-state index in [1.54, 1.807) is 13.3 Å². The van der Waals surface area contributed by atoms with E-state index in [0.29, 0.717) is 94.2 Å². The van der Waals surface area contributed by atoms with Crippen LogP contribution in [0.4, 0.5) is 0 Å². The van der Waals surface area contributed by atoms with Crippen LogP contribution < -0.4 is 31.6 Å². The van der Waals surface area contributed by atoms with Crippen molar-refractivity contribution in [2.24, 2.45) is 0 Å². The van der Waals surface area contributed by atoms with Gasteiger partial charge >= 0.3 is 0 Å². The molecule has 2 amide bonds. The lowest BCUT2D eigenvalue weighted by Crippen LogP contribution is -2.35. The molecular weight excluding hydrogens is 689 g/mol. The minimum atomic E-state index is -0.231. The Morgan fingerprint density at radius 1 is 0.765 bits per heavy atom. The summed E-state index contributed by atoms with van der Waals surface area (Å²) in [4.78, 5) is 45.9. The van der Waals surface area contributed by atoms with E-state index < -0.39 is 0 Å². The quantitative estimate of drug-likeness (QED) is 0.139. The van der Waals surface area contributed by atoms with E-state index in [0.717, 1.165) is 24.0 Å². The third kappa shape index (κ3) is 7.62. The molecule has 2 atom stereocenters. The Bertz CT molecular complexity index is 2190. The molecule has 2 aliphatic heterocycles. The van der Waals surface area contributed by atoms with Gasteiger partial charge in [-0.3, -0.25) is 18.8 Å². The van der Waals surface area contributed by atoms with Gasteiger partial charge in [0.05, 0.1) is 28.5 Å². The summed E-state index contributed by atoms with van der Waals surface area (Å²) in [6, 6.07) is 20.6. The summed E-state index contributed by atoms with van der Waals surface area (Å²) in [6.45, 7) is 2.41. The topological polar surface area (TPSA) is 139 Å². The summed E-state index contributed by atoms with van der Waals surface area (Å²) in [6.07, 6.45) is 4.54. The fraction of sp³-hybridized carbons (Fsp3) is 0.289. The molecule has 2 saturated heterocycles. The number of methoxy groups -OCH3 is 1. The fourth-order valence-electron chi connectivity index (χ4n) is 6.63. The molecule has 0 spiro atoms. The molecule has 5 aromatic rings. The van der Waals surface area contributed by atoms with Crippen LogP contribution in [0.15, 0.2) is 77.7 Å². The van der Waals surface area contributed by atoms with Crippen LogP contribution >= 0.6 is 23.2 Å². The Kier molecular flexibility index (Phi) is 10.3. The van der Waals surface area contributed by atoms with Crippen molar-refractivity contribution in [3.8, 4) is 39.5 Å². The maximum Gasteiger partial charge on any atom is 0.258 e. The number of halogens is 2. The average molecular weight is 727 g/mol. The molecule has 3 aromatic heterocycles. The number of ether oxygens (including phenoxy) is 1. The summed E-state index contributed by atoms with van der Waals surface area (Å²) < 4.78 is 7.16. The SMILES string of the molecule is COc1nc(-c2cccc(-c3cccc(-c4cc(=O)n5cc(CNC[C@H]6CCC(=O)N6)ccc5n4)c3Cl)c2Cl)ccc1CNC[C@@H]1CCC(=O)N1. The van der Waals surface area contributed by atoms with Gasteiger partial charge in [-0.05, 0) is 30.5 Å². The Hall–Kier alpha value is -4.81. The molecule has 0 radical (unpaired) electrons. The van der Waals surface area contributed by atoms with Crippen molar-refractivity contribution in [2.75, 3.05) is 20.2 Å². The van der Waals surface area contributed by atoms with Gasteiger partial charge in [0.25, 0.3) is 5.56 Å². The highest BCUT2D eigenvalue weighted by molar-refractivity contribution is 6.39. The van der Waals surface area contributed by atoms with E-state index >= 15 is 0 Å². The second kappa shape index (κ2) is 15.2. The number of hydrogen-bond donors (Lipinski definition) is 4. The van der Waals surface area contributed by atoms with Crippen molar-refractivity contribution in [1.29, 1.82) is 0 Å². The molecule has 51 heavy (non-hydrogen) atoms. The lowest BCUT2D eigenvalue weighted by atomic mass is 9.98. The number of aromatic nitrogens is 3. The van der Waals surface area contributed by atoms with Crippen molar-refractivity contribution in [3.05, 3.63) is 104 Å². The van der Waals surface area contributed by atoms with Crippen molar-refractivity contribution in [3.63, 3.8) is 0 Å². The maximum absolute atomic E-state index is 13.3. The zero-order valence-corrected chi connectivity index (χ0v) is 29.5. The van der Waals surface area contributed by atoms with E-state index in [2.05, 4.69) is 21.3 Å².